The monoisotopic (exact) mass is 445 g/mol. The van der Waals surface area contributed by atoms with E-state index in [4.69, 9.17) is 14.3 Å². The predicted molar refractivity (Wildman–Crippen MR) is 124 cm³/mol. The third kappa shape index (κ3) is 4.01. The Balaban J connectivity index is 1.53. The third-order valence-corrected chi connectivity index (χ3v) is 5.76. The summed E-state index contributed by atoms with van der Waals surface area (Å²) in [6, 6.07) is 11.8. The third-order valence-electron chi connectivity index (χ3n) is 5.76. The maximum Gasteiger partial charge on any atom is 0.347 e. The lowest BCUT2D eigenvalue weighted by molar-refractivity contribution is 0.0479. The number of furan rings is 1. The fraction of sp³-hybridized carbons (Fsp3) is 0.240. The van der Waals surface area contributed by atoms with E-state index in [1.54, 1.807) is 18.5 Å². The standard InChI is InChI=1S/C25H23N3O5/c29-11-4-12-32-25(31)21-22(30)20(13-18-14-27-23-19(18)7-3-9-26-23)33-24(21)28-10-8-16-5-1-2-6-17(16)15-28/h1-3,5-7,9,13-14,29-30H,4,8,10-12,15H2. The number of rotatable bonds is 6. The van der Waals surface area contributed by atoms with Gasteiger partial charge in [0.05, 0.1) is 6.61 Å². The number of hydrogen-bond acceptors (Lipinski definition) is 8. The molecule has 0 spiro atoms. The minimum Gasteiger partial charge on any atom is -0.504 e. The molecule has 5 rings (SSSR count). The van der Waals surface area contributed by atoms with Gasteiger partial charge in [0.1, 0.15) is 0 Å². The van der Waals surface area contributed by atoms with Crippen molar-refractivity contribution in [2.75, 3.05) is 24.7 Å². The number of anilines is 1. The lowest BCUT2D eigenvalue weighted by Crippen LogP contribution is -2.31. The van der Waals surface area contributed by atoms with Crippen LogP contribution in [0.2, 0.25) is 0 Å². The number of aromatic nitrogens is 1. The Morgan fingerprint density at radius 2 is 2.06 bits per heavy atom. The minimum absolute atomic E-state index is 0.0134. The molecule has 1 aromatic carbocycles. The first kappa shape index (κ1) is 21.0. The molecule has 3 aromatic rings. The summed E-state index contributed by atoms with van der Waals surface area (Å²) in [4.78, 5) is 23.3. The molecule has 0 fully saturated rings. The normalized spacial score (nSPS) is 15.5. The van der Waals surface area contributed by atoms with Crippen LogP contribution in [-0.2, 0) is 17.7 Å². The Labute approximate surface area is 190 Å². The summed E-state index contributed by atoms with van der Waals surface area (Å²) in [7, 11) is 0. The number of hydrogen-bond donors (Lipinski definition) is 2. The fourth-order valence-electron chi connectivity index (χ4n) is 4.08. The van der Waals surface area contributed by atoms with Gasteiger partial charge in [-0.1, -0.05) is 24.3 Å². The molecule has 0 aliphatic carbocycles. The molecule has 4 heterocycles. The zero-order valence-corrected chi connectivity index (χ0v) is 17.9. The molecule has 0 saturated heterocycles. The van der Waals surface area contributed by atoms with Crippen LogP contribution < -0.4 is 4.90 Å². The topological polar surface area (TPSA) is 108 Å². The Morgan fingerprint density at radius 1 is 1.21 bits per heavy atom. The van der Waals surface area contributed by atoms with Gasteiger partial charge in [-0.2, -0.15) is 0 Å². The number of nitrogens with zero attached hydrogens (tertiary/aromatic N) is 3. The number of carbonyl (C=O) groups excluding carboxylic acids is 1. The number of aliphatic hydroxyl groups is 1. The first-order valence-corrected chi connectivity index (χ1v) is 10.8. The highest BCUT2D eigenvalue weighted by Crippen LogP contribution is 2.41. The molecule has 8 nitrogen and oxygen atoms in total. The van der Waals surface area contributed by atoms with Gasteiger partial charge in [-0.05, 0) is 35.8 Å². The minimum atomic E-state index is -0.689. The summed E-state index contributed by atoms with van der Waals surface area (Å²) in [5.41, 5.74) is 3.92. The number of aromatic hydroxyl groups is 1. The molecule has 0 saturated carbocycles. The van der Waals surface area contributed by atoms with Crippen molar-refractivity contribution in [2.45, 2.75) is 19.4 Å². The molecule has 2 aromatic heterocycles. The van der Waals surface area contributed by atoms with Crippen molar-refractivity contribution in [1.29, 1.82) is 0 Å². The van der Waals surface area contributed by atoms with E-state index < -0.39 is 5.97 Å². The second kappa shape index (κ2) is 8.91. The molecular formula is C25H23N3O5. The van der Waals surface area contributed by atoms with E-state index in [1.165, 1.54) is 5.56 Å². The summed E-state index contributed by atoms with van der Waals surface area (Å²) in [5, 5.41) is 20.0. The lowest BCUT2D eigenvalue weighted by Gasteiger charge is -2.29. The average molecular weight is 445 g/mol. The Kier molecular flexibility index (Phi) is 5.66. The first-order chi connectivity index (χ1) is 16.2. The number of esters is 1. The van der Waals surface area contributed by atoms with E-state index in [1.807, 2.05) is 35.2 Å². The predicted octanol–water partition coefficient (Wildman–Crippen LogP) is 3.74. The van der Waals surface area contributed by atoms with Crippen molar-refractivity contribution >= 4 is 35.5 Å². The smallest absolute Gasteiger partial charge is 0.347 e. The van der Waals surface area contributed by atoms with E-state index in [0.29, 0.717) is 25.3 Å². The summed E-state index contributed by atoms with van der Waals surface area (Å²) in [6.07, 6.45) is 6.07. The molecule has 0 atom stereocenters. The van der Waals surface area contributed by atoms with Crippen molar-refractivity contribution in [3.63, 3.8) is 0 Å². The van der Waals surface area contributed by atoms with Crippen molar-refractivity contribution in [3.05, 3.63) is 70.6 Å². The van der Waals surface area contributed by atoms with Crippen LogP contribution in [0.25, 0.3) is 11.6 Å². The Bertz CT molecular complexity index is 1260. The molecule has 0 amide bonds. The maximum absolute atomic E-state index is 12.9. The van der Waals surface area contributed by atoms with Crippen LogP contribution in [0.3, 0.4) is 0 Å². The first-order valence-electron chi connectivity index (χ1n) is 10.8. The van der Waals surface area contributed by atoms with Crippen LogP contribution in [0.15, 0.2) is 52.0 Å². The largest absolute Gasteiger partial charge is 0.504 e. The van der Waals surface area contributed by atoms with Gasteiger partial charge in [0.15, 0.2) is 22.9 Å². The summed E-state index contributed by atoms with van der Waals surface area (Å²) >= 11 is 0. The van der Waals surface area contributed by atoms with Crippen molar-refractivity contribution in [3.8, 4) is 5.75 Å². The Morgan fingerprint density at radius 3 is 2.91 bits per heavy atom. The molecule has 0 bridgehead atoms. The highest BCUT2D eigenvalue weighted by atomic mass is 16.5. The van der Waals surface area contributed by atoms with E-state index in [9.17, 15) is 9.90 Å². The number of aliphatic hydroxyl groups excluding tert-OH is 1. The van der Waals surface area contributed by atoms with E-state index in [2.05, 4.69) is 16.0 Å². The van der Waals surface area contributed by atoms with Crippen LogP contribution in [-0.4, -0.2) is 47.1 Å². The van der Waals surface area contributed by atoms with Gasteiger partial charge in [0, 0.05) is 49.7 Å². The van der Waals surface area contributed by atoms with Crippen molar-refractivity contribution in [2.24, 2.45) is 4.99 Å². The zero-order chi connectivity index (χ0) is 22.8. The number of fused-ring (bicyclic) bond motifs is 2. The molecule has 0 unspecified atom stereocenters. The lowest BCUT2D eigenvalue weighted by atomic mass is 10.00. The van der Waals surface area contributed by atoms with Gasteiger partial charge in [-0.25, -0.2) is 14.8 Å². The quantitative estimate of drug-likeness (QED) is 0.439. The van der Waals surface area contributed by atoms with Gasteiger partial charge in [0.25, 0.3) is 0 Å². The van der Waals surface area contributed by atoms with E-state index in [0.717, 1.165) is 23.1 Å². The number of ether oxygens (including phenoxy) is 1. The number of aliphatic imine (C=N–C) groups is 1. The summed E-state index contributed by atoms with van der Waals surface area (Å²) in [5.74, 6) is 0.0353. The van der Waals surface area contributed by atoms with Crippen molar-refractivity contribution in [1.82, 2.24) is 4.98 Å². The molecule has 2 N–H and O–H groups in total. The van der Waals surface area contributed by atoms with Crippen LogP contribution in [0, 0.1) is 0 Å². The van der Waals surface area contributed by atoms with Crippen LogP contribution in [0.4, 0.5) is 11.7 Å². The van der Waals surface area contributed by atoms with Crippen LogP contribution >= 0.6 is 0 Å². The van der Waals surface area contributed by atoms with Gasteiger partial charge >= 0.3 is 5.97 Å². The van der Waals surface area contributed by atoms with E-state index >= 15 is 0 Å². The number of allylic oxidation sites excluding steroid dienone is 1. The van der Waals surface area contributed by atoms with Gasteiger partial charge in [-0.3, -0.25) is 0 Å². The van der Waals surface area contributed by atoms with Crippen molar-refractivity contribution < 1.29 is 24.2 Å². The second-order valence-corrected chi connectivity index (χ2v) is 7.88. The number of carbonyl (C=O) groups is 1. The van der Waals surface area contributed by atoms with Gasteiger partial charge in [-0.15, -0.1) is 0 Å². The highest BCUT2D eigenvalue weighted by Gasteiger charge is 2.31. The Hall–Kier alpha value is -3.91. The van der Waals surface area contributed by atoms with Crippen LogP contribution in [0.5, 0.6) is 5.75 Å². The van der Waals surface area contributed by atoms with Crippen LogP contribution in [0.1, 0.15) is 39.2 Å². The molecule has 2 aliphatic heterocycles. The molecule has 2 aliphatic rings. The molecule has 33 heavy (non-hydrogen) atoms. The van der Waals surface area contributed by atoms with Gasteiger partial charge < -0.3 is 24.3 Å². The number of benzene rings is 1. The summed E-state index contributed by atoms with van der Waals surface area (Å²) < 4.78 is 11.4. The van der Waals surface area contributed by atoms with E-state index in [-0.39, 0.29) is 36.2 Å². The highest BCUT2D eigenvalue weighted by molar-refractivity contribution is 6.21. The number of pyridine rings is 1. The molecular weight excluding hydrogens is 422 g/mol. The second-order valence-electron chi connectivity index (χ2n) is 7.88. The summed E-state index contributed by atoms with van der Waals surface area (Å²) in [6.45, 7) is 1.13. The van der Waals surface area contributed by atoms with Gasteiger partial charge in [0.2, 0.25) is 5.88 Å². The molecule has 8 heteroatoms. The fourth-order valence-corrected chi connectivity index (χ4v) is 4.08. The molecule has 168 valence electrons. The zero-order valence-electron chi connectivity index (χ0n) is 17.9. The maximum atomic E-state index is 12.9. The molecule has 0 radical (unpaired) electrons. The SMILES string of the molecule is O=C(OCCCO)c1c(N2CCc3ccccc3C2)oc(C=C2C=Nc3ncccc32)c1O. The average Bonchev–Trinajstić information content (AvgIpc) is 3.40.